The molecule has 2 unspecified atom stereocenters. The average Bonchev–Trinajstić information content (AvgIpc) is 2.65. The number of rotatable bonds is 2. The van der Waals surface area contributed by atoms with Crippen LogP contribution in [-0.4, -0.2) is 35.7 Å². The fourth-order valence-electron chi connectivity index (χ4n) is 3.47. The summed E-state index contributed by atoms with van der Waals surface area (Å²) >= 11 is 0. The average molecular weight is 286 g/mol. The predicted molar refractivity (Wildman–Crippen MR) is 82.2 cm³/mol. The zero-order valence-electron chi connectivity index (χ0n) is 12.5. The lowest BCUT2D eigenvalue weighted by Crippen LogP contribution is -2.49. The molecule has 2 heterocycles. The Hall–Kier alpha value is -1.68. The number of nitrogens with one attached hydrogen (secondary N) is 1. The molecule has 2 aliphatic heterocycles. The van der Waals surface area contributed by atoms with E-state index in [0.29, 0.717) is 0 Å². The van der Waals surface area contributed by atoms with E-state index in [1.54, 1.807) is 6.92 Å². The molecule has 0 saturated carbocycles. The number of amides is 1. The second-order valence-electron chi connectivity index (χ2n) is 6.15. The van der Waals surface area contributed by atoms with Crippen molar-refractivity contribution >= 4 is 17.4 Å². The molecule has 4 heteroatoms. The van der Waals surface area contributed by atoms with Gasteiger partial charge in [-0.1, -0.05) is 18.2 Å². The number of benzene rings is 1. The van der Waals surface area contributed by atoms with Gasteiger partial charge in [0.05, 0.1) is 6.04 Å². The Bertz CT molecular complexity index is 555. The molecule has 0 aliphatic carbocycles. The van der Waals surface area contributed by atoms with E-state index in [4.69, 9.17) is 0 Å². The quantitative estimate of drug-likeness (QED) is 0.907. The first-order chi connectivity index (χ1) is 10.1. The van der Waals surface area contributed by atoms with Gasteiger partial charge in [-0.05, 0) is 50.8 Å². The van der Waals surface area contributed by atoms with Crippen LogP contribution in [0.15, 0.2) is 24.3 Å². The lowest BCUT2D eigenvalue weighted by Gasteiger charge is -2.36. The number of Topliss-reactive ketones (excluding diaryl/α,β-unsaturated/α-hetero) is 1. The number of anilines is 1. The van der Waals surface area contributed by atoms with Crippen LogP contribution in [-0.2, 0) is 16.0 Å². The van der Waals surface area contributed by atoms with Crippen LogP contribution >= 0.6 is 0 Å². The molecule has 1 N–H and O–H groups in total. The molecule has 1 aromatic carbocycles. The van der Waals surface area contributed by atoms with Crippen LogP contribution < -0.4 is 5.32 Å². The smallest absolute Gasteiger partial charge is 0.241 e. The van der Waals surface area contributed by atoms with Crippen molar-refractivity contribution in [1.82, 2.24) is 4.90 Å². The first-order valence-corrected chi connectivity index (χ1v) is 7.78. The van der Waals surface area contributed by atoms with Crippen LogP contribution in [0, 0.1) is 5.92 Å². The molecule has 2 atom stereocenters. The Morgan fingerprint density at radius 3 is 2.90 bits per heavy atom. The molecule has 3 rings (SSSR count). The first-order valence-electron chi connectivity index (χ1n) is 7.78. The Kier molecular flexibility index (Phi) is 4.06. The van der Waals surface area contributed by atoms with Gasteiger partial charge in [0.25, 0.3) is 0 Å². The van der Waals surface area contributed by atoms with Crippen molar-refractivity contribution < 1.29 is 9.59 Å². The lowest BCUT2D eigenvalue weighted by atomic mass is 9.92. The maximum absolute atomic E-state index is 12.5. The molecular weight excluding hydrogens is 264 g/mol. The Labute approximate surface area is 125 Å². The molecule has 2 aliphatic rings. The zero-order chi connectivity index (χ0) is 14.8. The van der Waals surface area contributed by atoms with E-state index >= 15 is 0 Å². The second-order valence-corrected chi connectivity index (χ2v) is 6.15. The molecule has 0 radical (unpaired) electrons. The standard InChI is InChI=1S/C17H22N2O2/c1-12(20)14-6-4-10-19(11-14)16-9-8-13-5-2-3-7-15(13)18-17(16)21/h2-3,5,7,14,16H,4,6,8-11H2,1H3,(H,18,21). The lowest BCUT2D eigenvalue weighted by molar-refractivity contribution is -0.126. The highest BCUT2D eigenvalue weighted by Crippen LogP contribution is 2.26. The van der Waals surface area contributed by atoms with E-state index in [2.05, 4.69) is 16.3 Å². The number of carbonyl (C=O) groups excluding carboxylic acids is 2. The number of hydrogen-bond donors (Lipinski definition) is 1. The molecular formula is C17H22N2O2. The van der Waals surface area contributed by atoms with Gasteiger partial charge in [0, 0.05) is 18.2 Å². The summed E-state index contributed by atoms with van der Waals surface area (Å²) in [4.78, 5) is 26.3. The van der Waals surface area contributed by atoms with Gasteiger partial charge in [-0.3, -0.25) is 14.5 Å². The SMILES string of the molecule is CC(=O)C1CCCN(C2CCc3ccccc3NC2=O)C1. The van der Waals surface area contributed by atoms with E-state index < -0.39 is 0 Å². The summed E-state index contributed by atoms with van der Waals surface area (Å²) < 4.78 is 0. The molecule has 4 nitrogen and oxygen atoms in total. The van der Waals surface area contributed by atoms with Gasteiger partial charge in [-0.15, -0.1) is 0 Å². The summed E-state index contributed by atoms with van der Waals surface area (Å²) in [6.07, 6.45) is 3.69. The van der Waals surface area contributed by atoms with Gasteiger partial charge in [0.1, 0.15) is 5.78 Å². The van der Waals surface area contributed by atoms with Gasteiger partial charge in [0.2, 0.25) is 5.91 Å². The van der Waals surface area contributed by atoms with Gasteiger partial charge >= 0.3 is 0 Å². The summed E-state index contributed by atoms with van der Waals surface area (Å²) in [6.45, 7) is 3.30. The van der Waals surface area contributed by atoms with Crippen LogP contribution in [0.3, 0.4) is 0 Å². The minimum Gasteiger partial charge on any atom is -0.324 e. The van der Waals surface area contributed by atoms with Crippen molar-refractivity contribution in [2.45, 2.75) is 38.6 Å². The number of fused-ring (bicyclic) bond motifs is 1. The predicted octanol–water partition coefficient (Wildman–Crippen LogP) is 2.24. The van der Waals surface area contributed by atoms with Crippen molar-refractivity contribution in [1.29, 1.82) is 0 Å². The zero-order valence-corrected chi connectivity index (χ0v) is 12.5. The molecule has 1 amide bonds. The van der Waals surface area contributed by atoms with Crippen molar-refractivity contribution in [3.8, 4) is 0 Å². The molecule has 1 aromatic rings. The highest BCUT2D eigenvalue weighted by molar-refractivity contribution is 5.96. The molecule has 21 heavy (non-hydrogen) atoms. The number of para-hydroxylation sites is 1. The Morgan fingerprint density at radius 2 is 2.10 bits per heavy atom. The maximum atomic E-state index is 12.5. The number of nitrogens with zero attached hydrogens (tertiary/aromatic N) is 1. The van der Waals surface area contributed by atoms with Crippen molar-refractivity contribution in [3.05, 3.63) is 29.8 Å². The van der Waals surface area contributed by atoms with Crippen molar-refractivity contribution in [3.63, 3.8) is 0 Å². The Balaban J connectivity index is 1.75. The highest BCUT2D eigenvalue weighted by atomic mass is 16.2. The largest absolute Gasteiger partial charge is 0.324 e. The Morgan fingerprint density at radius 1 is 1.29 bits per heavy atom. The summed E-state index contributed by atoms with van der Waals surface area (Å²) in [5.74, 6) is 0.415. The summed E-state index contributed by atoms with van der Waals surface area (Å²) in [5.41, 5.74) is 2.14. The van der Waals surface area contributed by atoms with Gasteiger partial charge in [-0.25, -0.2) is 0 Å². The molecule has 0 bridgehead atoms. The second kappa shape index (κ2) is 5.98. The summed E-state index contributed by atoms with van der Waals surface area (Å²) in [5, 5.41) is 3.05. The first kappa shape index (κ1) is 14.3. The van der Waals surface area contributed by atoms with E-state index in [1.807, 2.05) is 18.2 Å². The van der Waals surface area contributed by atoms with E-state index in [9.17, 15) is 9.59 Å². The fourth-order valence-corrected chi connectivity index (χ4v) is 3.47. The maximum Gasteiger partial charge on any atom is 0.241 e. The van der Waals surface area contributed by atoms with Crippen LogP contribution in [0.4, 0.5) is 5.69 Å². The summed E-state index contributed by atoms with van der Waals surface area (Å²) in [7, 11) is 0. The molecule has 1 fully saturated rings. The molecule has 1 saturated heterocycles. The van der Waals surface area contributed by atoms with Crippen LogP contribution in [0.1, 0.15) is 31.7 Å². The van der Waals surface area contributed by atoms with E-state index in [0.717, 1.165) is 44.5 Å². The molecule has 0 aromatic heterocycles. The van der Waals surface area contributed by atoms with Crippen LogP contribution in [0.2, 0.25) is 0 Å². The number of piperidine rings is 1. The molecule has 0 spiro atoms. The topological polar surface area (TPSA) is 49.4 Å². The van der Waals surface area contributed by atoms with Crippen molar-refractivity contribution in [2.75, 3.05) is 18.4 Å². The number of likely N-dealkylation sites (tertiary alicyclic amines) is 1. The fraction of sp³-hybridized carbons (Fsp3) is 0.529. The van der Waals surface area contributed by atoms with Crippen molar-refractivity contribution in [2.24, 2.45) is 5.92 Å². The minimum absolute atomic E-state index is 0.0733. The van der Waals surface area contributed by atoms with Gasteiger partial charge in [0.15, 0.2) is 0 Å². The highest BCUT2D eigenvalue weighted by Gasteiger charge is 2.33. The normalized spacial score (nSPS) is 26.6. The third kappa shape index (κ3) is 3.00. The van der Waals surface area contributed by atoms with Gasteiger partial charge < -0.3 is 5.32 Å². The van der Waals surface area contributed by atoms with E-state index in [1.165, 1.54) is 5.56 Å². The number of carbonyl (C=O) groups is 2. The number of hydrogen-bond acceptors (Lipinski definition) is 3. The van der Waals surface area contributed by atoms with Crippen LogP contribution in [0.25, 0.3) is 0 Å². The third-order valence-corrected chi connectivity index (χ3v) is 4.73. The third-order valence-electron chi connectivity index (χ3n) is 4.73. The van der Waals surface area contributed by atoms with Gasteiger partial charge in [-0.2, -0.15) is 0 Å². The number of aryl methyl sites for hydroxylation is 1. The monoisotopic (exact) mass is 286 g/mol. The van der Waals surface area contributed by atoms with E-state index in [-0.39, 0.29) is 23.7 Å². The van der Waals surface area contributed by atoms with Crippen LogP contribution in [0.5, 0.6) is 0 Å². The molecule has 112 valence electrons. The summed E-state index contributed by atoms with van der Waals surface area (Å²) in [6, 6.07) is 7.89. The number of ketones is 1. The minimum atomic E-state index is -0.112.